The van der Waals surface area contributed by atoms with E-state index in [1.807, 2.05) is 0 Å². The van der Waals surface area contributed by atoms with E-state index >= 15 is 0 Å². The molecule has 0 atom stereocenters. The zero-order valence-electron chi connectivity index (χ0n) is 9.97. The average molecular weight is 307 g/mol. The first kappa shape index (κ1) is 15.9. The molecule has 0 aliphatic heterocycles. The van der Waals surface area contributed by atoms with Crippen LogP contribution in [-0.4, -0.2) is 10.9 Å². The van der Waals surface area contributed by atoms with Crippen molar-refractivity contribution in [2.24, 2.45) is 0 Å². The third-order valence-electron chi connectivity index (χ3n) is 2.05. The number of thioether (sulfide) groups is 1. The molecule has 0 saturated carbocycles. The van der Waals surface area contributed by atoms with Crippen molar-refractivity contribution in [2.45, 2.75) is 19.5 Å². The van der Waals surface area contributed by atoms with Gasteiger partial charge < -0.3 is 0 Å². The van der Waals surface area contributed by atoms with Crippen LogP contribution in [-0.2, 0) is 11.0 Å². The number of halogens is 4. The number of carbonyl (C=O) groups excluding carboxylic acids is 1. The van der Waals surface area contributed by atoms with E-state index < -0.39 is 11.7 Å². The fourth-order valence-electron chi connectivity index (χ4n) is 1.20. The molecule has 1 rings (SSSR count). The Morgan fingerprint density at radius 3 is 2.63 bits per heavy atom. The van der Waals surface area contributed by atoms with Gasteiger partial charge in [-0.2, -0.15) is 13.2 Å². The summed E-state index contributed by atoms with van der Waals surface area (Å²) in [4.78, 5) is 10.6. The van der Waals surface area contributed by atoms with Gasteiger partial charge in [0, 0.05) is 24.7 Å². The van der Waals surface area contributed by atoms with E-state index in [0.29, 0.717) is 17.7 Å². The Morgan fingerprint density at radius 2 is 2.11 bits per heavy atom. The molecule has 0 aromatic heterocycles. The molecule has 0 N–H and O–H groups in total. The van der Waals surface area contributed by atoms with Crippen LogP contribution in [0.15, 0.2) is 18.2 Å². The Balaban J connectivity index is 2.71. The van der Waals surface area contributed by atoms with Crippen molar-refractivity contribution in [3.05, 3.63) is 34.3 Å². The third kappa shape index (κ3) is 5.58. The van der Waals surface area contributed by atoms with Crippen LogP contribution >= 0.6 is 23.4 Å². The normalized spacial score (nSPS) is 10.8. The Bertz CT molecular complexity index is 529. The van der Waals surface area contributed by atoms with Gasteiger partial charge >= 0.3 is 6.18 Å². The van der Waals surface area contributed by atoms with Crippen molar-refractivity contribution in [1.82, 2.24) is 0 Å². The van der Waals surface area contributed by atoms with Gasteiger partial charge in [0.1, 0.15) is 0 Å². The maximum atomic E-state index is 12.4. The van der Waals surface area contributed by atoms with Crippen LogP contribution in [0.2, 0.25) is 5.02 Å². The summed E-state index contributed by atoms with van der Waals surface area (Å²) < 4.78 is 37.2. The van der Waals surface area contributed by atoms with Crippen molar-refractivity contribution in [3.8, 4) is 11.8 Å². The Labute approximate surface area is 118 Å². The topological polar surface area (TPSA) is 17.1 Å². The average Bonchev–Trinajstić information content (AvgIpc) is 2.28. The minimum Gasteiger partial charge on any atom is -0.288 e. The van der Waals surface area contributed by atoms with E-state index in [-0.39, 0.29) is 10.1 Å². The fraction of sp³-hybridized carbons (Fsp3) is 0.308. The number of alkyl halides is 3. The summed E-state index contributed by atoms with van der Waals surface area (Å²) in [5, 5.41) is -0.0177. The quantitative estimate of drug-likeness (QED) is 0.596. The lowest BCUT2D eigenvalue weighted by Crippen LogP contribution is -2.04. The molecule has 0 heterocycles. The lowest BCUT2D eigenvalue weighted by atomic mass is 10.1. The summed E-state index contributed by atoms with van der Waals surface area (Å²) in [7, 11) is 0. The lowest BCUT2D eigenvalue weighted by molar-refractivity contribution is -0.137. The van der Waals surface area contributed by atoms with E-state index in [1.54, 1.807) is 0 Å². The monoisotopic (exact) mass is 306 g/mol. The largest absolute Gasteiger partial charge is 0.416 e. The van der Waals surface area contributed by atoms with Crippen LogP contribution in [0.25, 0.3) is 0 Å². The van der Waals surface area contributed by atoms with Crippen LogP contribution in [0.1, 0.15) is 24.5 Å². The number of benzene rings is 1. The molecule has 6 heteroatoms. The second-order valence-corrected chi connectivity index (χ2v) is 5.26. The number of hydrogen-bond acceptors (Lipinski definition) is 2. The Hall–Kier alpha value is -1.12. The molecule has 19 heavy (non-hydrogen) atoms. The minimum absolute atomic E-state index is 0.00867. The predicted octanol–water partition coefficient (Wildman–Crippen LogP) is 4.38. The molecule has 0 aliphatic rings. The molecule has 0 unspecified atom stereocenters. The highest BCUT2D eigenvalue weighted by Crippen LogP contribution is 2.31. The van der Waals surface area contributed by atoms with Crippen LogP contribution in [0.5, 0.6) is 0 Å². The second-order valence-electron chi connectivity index (χ2n) is 3.58. The molecule has 0 saturated heterocycles. The van der Waals surface area contributed by atoms with Crippen LogP contribution in [0.3, 0.4) is 0 Å². The van der Waals surface area contributed by atoms with Crippen molar-refractivity contribution in [1.29, 1.82) is 0 Å². The zero-order valence-corrected chi connectivity index (χ0v) is 11.5. The summed E-state index contributed by atoms with van der Waals surface area (Å²) in [5.41, 5.74) is -0.447. The van der Waals surface area contributed by atoms with Crippen molar-refractivity contribution in [3.63, 3.8) is 0 Å². The first-order chi connectivity index (χ1) is 8.80. The van der Waals surface area contributed by atoms with E-state index in [4.69, 9.17) is 11.6 Å². The highest BCUT2D eigenvalue weighted by molar-refractivity contribution is 8.13. The standard InChI is InChI=1S/C13H10ClF3OS/c1-9(18)19-7-3-2-4-10-5-6-11(8-12(10)14)13(15,16)17/h5-6,8H,3,7H2,1H3. The van der Waals surface area contributed by atoms with Gasteiger partial charge in [-0.3, -0.25) is 4.79 Å². The van der Waals surface area contributed by atoms with E-state index in [2.05, 4.69) is 11.8 Å². The highest BCUT2D eigenvalue weighted by atomic mass is 35.5. The van der Waals surface area contributed by atoms with Gasteiger partial charge in [0.25, 0.3) is 0 Å². The molecule has 102 valence electrons. The smallest absolute Gasteiger partial charge is 0.288 e. The third-order valence-corrected chi connectivity index (χ3v) is 3.18. The van der Waals surface area contributed by atoms with E-state index in [9.17, 15) is 18.0 Å². The SMILES string of the molecule is CC(=O)SCCC#Cc1ccc(C(F)(F)F)cc1Cl. The molecule has 1 aromatic rings. The van der Waals surface area contributed by atoms with Gasteiger partial charge in [-0.25, -0.2) is 0 Å². The molecule has 1 aromatic carbocycles. The molecule has 0 aliphatic carbocycles. The zero-order chi connectivity index (χ0) is 14.5. The molecular formula is C13H10ClF3OS. The summed E-state index contributed by atoms with van der Waals surface area (Å²) in [5.74, 6) is 6.01. The van der Waals surface area contributed by atoms with Gasteiger partial charge in [-0.1, -0.05) is 35.2 Å². The maximum Gasteiger partial charge on any atom is 0.416 e. The lowest BCUT2D eigenvalue weighted by Gasteiger charge is -2.07. The summed E-state index contributed by atoms with van der Waals surface area (Å²) in [6.07, 6.45) is -3.94. The number of carbonyl (C=O) groups is 1. The van der Waals surface area contributed by atoms with E-state index in [0.717, 1.165) is 23.9 Å². The van der Waals surface area contributed by atoms with Crippen LogP contribution in [0, 0.1) is 11.8 Å². The first-order valence-electron chi connectivity index (χ1n) is 5.29. The maximum absolute atomic E-state index is 12.4. The van der Waals surface area contributed by atoms with E-state index in [1.165, 1.54) is 13.0 Å². The number of hydrogen-bond donors (Lipinski definition) is 0. The van der Waals surface area contributed by atoms with Gasteiger partial charge in [0.05, 0.1) is 10.6 Å². The van der Waals surface area contributed by atoms with Crippen molar-refractivity contribution in [2.75, 3.05) is 5.75 Å². The van der Waals surface area contributed by atoms with Gasteiger partial charge in [0.15, 0.2) is 5.12 Å². The molecule has 1 nitrogen and oxygen atoms in total. The molecule has 0 fully saturated rings. The molecule has 0 bridgehead atoms. The van der Waals surface area contributed by atoms with Crippen molar-refractivity contribution >= 4 is 28.5 Å². The fourth-order valence-corrected chi connectivity index (χ4v) is 1.92. The molecular weight excluding hydrogens is 297 g/mol. The van der Waals surface area contributed by atoms with Gasteiger partial charge in [-0.05, 0) is 18.2 Å². The van der Waals surface area contributed by atoms with Crippen LogP contribution in [0.4, 0.5) is 13.2 Å². The Morgan fingerprint density at radius 1 is 1.42 bits per heavy atom. The Kier molecular flexibility index (Phi) is 5.77. The second kappa shape index (κ2) is 6.88. The summed E-state index contributed by atoms with van der Waals surface area (Å²) >= 11 is 6.89. The predicted molar refractivity (Wildman–Crippen MR) is 71.1 cm³/mol. The van der Waals surface area contributed by atoms with Gasteiger partial charge in [-0.15, -0.1) is 0 Å². The molecule has 0 amide bonds. The minimum atomic E-state index is -4.41. The molecule has 0 spiro atoms. The summed E-state index contributed by atoms with van der Waals surface area (Å²) in [6.45, 7) is 1.46. The first-order valence-corrected chi connectivity index (χ1v) is 6.66. The van der Waals surface area contributed by atoms with Gasteiger partial charge in [0.2, 0.25) is 0 Å². The molecule has 0 radical (unpaired) electrons. The number of rotatable bonds is 2. The highest BCUT2D eigenvalue weighted by Gasteiger charge is 2.30. The van der Waals surface area contributed by atoms with Crippen molar-refractivity contribution < 1.29 is 18.0 Å². The van der Waals surface area contributed by atoms with Crippen LogP contribution < -0.4 is 0 Å². The summed E-state index contributed by atoms with van der Waals surface area (Å²) in [6, 6.07) is 3.05.